The predicted octanol–water partition coefficient (Wildman–Crippen LogP) is 5.52. The summed E-state index contributed by atoms with van der Waals surface area (Å²) in [5.74, 6) is 1.32. The van der Waals surface area contributed by atoms with Gasteiger partial charge in [0.1, 0.15) is 17.7 Å². The zero-order valence-corrected chi connectivity index (χ0v) is 16.9. The lowest BCUT2D eigenvalue weighted by Crippen LogP contribution is -2.32. The standard InChI is InChI=1S/C23H21ClN2O3/c1-3-29-17-11-9-16(10-12-17)26-22(18-6-4-5-7-19(18)23(26)27)25-15-8-13-21(28-2)20(24)14-15/h4-14,22,25H,3H2,1-2H3. The van der Waals surface area contributed by atoms with E-state index < -0.39 is 0 Å². The van der Waals surface area contributed by atoms with Gasteiger partial charge in [0.25, 0.3) is 5.91 Å². The molecule has 0 fully saturated rings. The van der Waals surface area contributed by atoms with E-state index in [0.717, 1.165) is 22.7 Å². The Balaban J connectivity index is 1.71. The maximum atomic E-state index is 13.2. The van der Waals surface area contributed by atoms with Gasteiger partial charge in [-0.1, -0.05) is 29.8 Å². The van der Waals surface area contributed by atoms with E-state index in [1.165, 1.54) is 0 Å². The van der Waals surface area contributed by atoms with Crippen molar-refractivity contribution in [3.8, 4) is 11.5 Å². The van der Waals surface area contributed by atoms with Gasteiger partial charge in [-0.25, -0.2) is 0 Å². The molecule has 1 N–H and O–H groups in total. The molecular formula is C23H21ClN2O3. The Morgan fingerprint density at radius 1 is 1.07 bits per heavy atom. The van der Waals surface area contributed by atoms with Crippen LogP contribution in [0.2, 0.25) is 5.02 Å². The second-order valence-electron chi connectivity index (χ2n) is 6.59. The quantitative estimate of drug-likeness (QED) is 0.583. The number of hydrogen-bond donors (Lipinski definition) is 1. The predicted molar refractivity (Wildman–Crippen MR) is 115 cm³/mol. The van der Waals surface area contributed by atoms with Crippen molar-refractivity contribution >= 4 is 28.9 Å². The molecule has 0 aliphatic carbocycles. The Bertz CT molecular complexity index is 1040. The first-order valence-corrected chi connectivity index (χ1v) is 9.75. The van der Waals surface area contributed by atoms with Crippen molar-refractivity contribution in [2.75, 3.05) is 23.9 Å². The van der Waals surface area contributed by atoms with Crippen LogP contribution < -0.4 is 19.7 Å². The number of rotatable bonds is 6. The van der Waals surface area contributed by atoms with Crippen LogP contribution in [-0.2, 0) is 0 Å². The van der Waals surface area contributed by atoms with Crippen LogP contribution in [0.5, 0.6) is 11.5 Å². The molecule has 3 aromatic carbocycles. The summed E-state index contributed by atoms with van der Waals surface area (Å²) in [6.45, 7) is 2.53. The lowest BCUT2D eigenvalue weighted by atomic mass is 10.1. The number of amides is 1. The van der Waals surface area contributed by atoms with E-state index in [2.05, 4.69) is 5.32 Å². The third kappa shape index (κ3) is 3.61. The first-order valence-electron chi connectivity index (χ1n) is 9.37. The SMILES string of the molecule is CCOc1ccc(N2C(=O)c3ccccc3C2Nc2ccc(OC)c(Cl)c2)cc1. The Labute approximate surface area is 174 Å². The maximum absolute atomic E-state index is 13.2. The Morgan fingerprint density at radius 2 is 1.83 bits per heavy atom. The molecular weight excluding hydrogens is 388 g/mol. The highest BCUT2D eigenvalue weighted by molar-refractivity contribution is 6.32. The van der Waals surface area contributed by atoms with Gasteiger partial charge in [0.05, 0.1) is 18.7 Å². The molecule has 1 unspecified atom stereocenters. The van der Waals surface area contributed by atoms with Crippen molar-refractivity contribution < 1.29 is 14.3 Å². The van der Waals surface area contributed by atoms with E-state index in [4.69, 9.17) is 21.1 Å². The van der Waals surface area contributed by atoms with Crippen molar-refractivity contribution in [2.24, 2.45) is 0 Å². The summed E-state index contributed by atoms with van der Waals surface area (Å²) in [6.07, 6.45) is -0.360. The van der Waals surface area contributed by atoms with Gasteiger partial charge in [-0.15, -0.1) is 0 Å². The van der Waals surface area contributed by atoms with Crippen molar-refractivity contribution in [3.63, 3.8) is 0 Å². The molecule has 3 aromatic rings. The number of hydrogen-bond acceptors (Lipinski definition) is 4. The minimum Gasteiger partial charge on any atom is -0.495 e. The number of nitrogens with one attached hydrogen (secondary N) is 1. The molecule has 1 aliphatic rings. The van der Waals surface area contributed by atoms with Gasteiger partial charge in [-0.3, -0.25) is 9.69 Å². The van der Waals surface area contributed by atoms with E-state index in [-0.39, 0.29) is 12.1 Å². The highest BCUT2D eigenvalue weighted by atomic mass is 35.5. The second-order valence-corrected chi connectivity index (χ2v) is 6.99. The maximum Gasteiger partial charge on any atom is 0.260 e. The summed E-state index contributed by atoms with van der Waals surface area (Å²) >= 11 is 6.28. The second kappa shape index (κ2) is 8.05. The lowest BCUT2D eigenvalue weighted by Gasteiger charge is -2.27. The van der Waals surface area contributed by atoms with E-state index in [1.807, 2.05) is 61.5 Å². The fraction of sp³-hybridized carbons (Fsp3) is 0.174. The molecule has 1 atom stereocenters. The van der Waals surface area contributed by atoms with Gasteiger partial charge in [0.2, 0.25) is 0 Å². The normalized spacial score (nSPS) is 15.2. The van der Waals surface area contributed by atoms with Crippen LogP contribution in [0.3, 0.4) is 0 Å². The molecule has 0 bridgehead atoms. The zero-order valence-electron chi connectivity index (χ0n) is 16.2. The molecule has 0 saturated heterocycles. The first kappa shape index (κ1) is 19.2. The third-order valence-corrected chi connectivity index (χ3v) is 5.14. The van der Waals surface area contributed by atoms with E-state index in [9.17, 15) is 4.79 Å². The number of carbonyl (C=O) groups excluding carboxylic acids is 1. The van der Waals surface area contributed by atoms with Crippen LogP contribution in [0, 0.1) is 0 Å². The minimum atomic E-state index is -0.360. The highest BCUT2D eigenvalue weighted by Gasteiger charge is 2.37. The summed E-state index contributed by atoms with van der Waals surface area (Å²) in [6, 6.07) is 20.6. The van der Waals surface area contributed by atoms with Gasteiger partial charge in [-0.2, -0.15) is 0 Å². The van der Waals surface area contributed by atoms with Crippen molar-refractivity contribution in [2.45, 2.75) is 13.1 Å². The van der Waals surface area contributed by atoms with Gasteiger partial charge in [0, 0.05) is 22.5 Å². The van der Waals surface area contributed by atoms with Crippen LogP contribution in [-0.4, -0.2) is 19.6 Å². The molecule has 5 nitrogen and oxygen atoms in total. The number of methoxy groups -OCH3 is 1. The number of nitrogens with zero attached hydrogens (tertiary/aromatic N) is 1. The molecule has 29 heavy (non-hydrogen) atoms. The summed E-state index contributed by atoms with van der Waals surface area (Å²) in [4.78, 5) is 14.9. The molecule has 6 heteroatoms. The fourth-order valence-electron chi connectivity index (χ4n) is 3.51. The number of ether oxygens (including phenoxy) is 2. The van der Waals surface area contributed by atoms with Crippen LogP contribution in [0.15, 0.2) is 66.7 Å². The minimum absolute atomic E-state index is 0.0538. The molecule has 0 saturated carbocycles. The van der Waals surface area contributed by atoms with Gasteiger partial charge < -0.3 is 14.8 Å². The number of carbonyl (C=O) groups is 1. The molecule has 1 amide bonds. The zero-order chi connectivity index (χ0) is 20.4. The summed E-state index contributed by atoms with van der Waals surface area (Å²) in [7, 11) is 1.58. The fourth-order valence-corrected chi connectivity index (χ4v) is 3.77. The monoisotopic (exact) mass is 408 g/mol. The van der Waals surface area contributed by atoms with Crippen LogP contribution in [0.25, 0.3) is 0 Å². The third-order valence-electron chi connectivity index (χ3n) is 4.84. The Morgan fingerprint density at radius 3 is 2.52 bits per heavy atom. The smallest absolute Gasteiger partial charge is 0.260 e. The van der Waals surface area contributed by atoms with Crippen LogP contribution in [0.4, 0.5) is 11.4 Å². The molecule has 0 aromatic heterocycles. The molecule has 148 valence electrons. The molecule has 0 radical (unpaired) electrons. The average Bonchev–Trinajstić information content (AvgIpc) is 3.01. The number of benzene rings is 3. The molecule has 1 heterocycles. The Hall–Kier alpha value is -3.18. The van der Waals surface area contributed by atoms with E-state index in [0.29, 0.717) is 22.9 Å². The summed E-state index contributed by atoms with van der Waals surface area (Å²) < 4.78 is 10.8. The summed E-state index contributed by atoms with van der Waals surface area (Å²) in [5.41, 5.74) is 3.17. The Kier molecular flexibility index (Phi) is 5.32. The van der Waals surface area contributed by atoms with Crippen molar-refractivity contribution in [1.82, 2.24) is 0 Å². The lowest BCUT2D eigenvalue weighted by molar-refractivity contribution is 0.0993. The van der Waals surface area contributed by atoms with Crippen LogP contribution in [0.1, 0.15) is 29.0 Å². The first-order chi connectivity index (χ1) is 14.1. The van der Waals surface area contributed by atoms with Crippen molar-refractivity contribution in [1.29, 1.82) is 0 Å². The van der Waals surface area contributed by atoms with E-state index in [1.54, 1.807) is 24.1 Å². The van der Waals surface area contributed by atoms with Crippen LogP contribution >= 0.6 is 11.6 Å². The largest absolute Gasteiger partial charge is 0.495 e. The van der Waals surface area contributed by atoms with E-state index >= 15 is 0 Å². The molecule has 4 rings (SSSR count). The number of fused-ring (bicyclic) bond motifs is 1. The average molecular weight is 409 g/mol. The van der Waals surface area contributed by atoms with Gasteiger partial charge >= 0.3 is 0 Å². The topological polar surface area (TPSA) is 50.8 Å². The summed E-state index contributed by atoms with van der Waals surface area (Å²) in [5, 5.41) is 3.94. The number of halogens is 1. The van der Waals surface area contributed by atoms with Crippen molar-refractivity contribution in [3.05, 3.63) is 82.9 Å². The van der Waals surface area contributed by atoms with Gasteiger partial charge in [0.15, 0.2) is 0 Å². The van der Waals surface area contributed by atoms with Gasteiger partial charge in [-0.05, 0) is 55.5 Å². The molecule has 0 spiro atoms. The highest BCUT2D eigenvalue weighted by Crippen LogP contribution is 2.39. The molecule has 1 aliphatic heterocycles. The number of anilines is 2.